The second-order valence-corrected chi connectivity index (χ2v) is 6.21. The number of hydrogen-bond donors (Lipinski definition) is 1. The number of unbranched alkanes of at least 4 members (excludes halogenated alkanes) is 5. The minimum atomic E-state index is 0.970. The van der Waals surface area contributed by atoms with Gasteiger partial charge in [-0.15, -0.1) is 0 Å². The Morgan fingerprint density at radius 2 is 1.43 bits per heavy atom. The van der Waals surface area contributed by atoms with Gasteiger partial charge in [-0.2, -0.15) is 0 Å². The Balaban J connectivity index is 2.13. The highest BCUT2D eigenvalue weighted by atomic mass is 14.6. The largest absolute Gasteiger partial charge is 0.398 e. The third-order valence-electron chi connectivity index (χ3n) is 4.71. The van der Waals surface area contributed by atoms with Gasteiger partial charge in [0.05, 0.1) is 0 Å². The molecule has 21 heavy (non-hydrogen) atoms. The van der Waals surface area contributed by atoms with Crippen molar-refractivity contribution in [3.63, 3.8) is 0 Å². The van der Waals surface area contributed by atoms with E-state index >= 15 is 0 Å². The average molecular weight is 283 g/mol. The Bertz CT molecular complexity index is 598. The van der Waals surface area contributed by atoms with Crippen LogP contribution in [0.2, 0.25) is 0 Å². The monoisotopic (exact) mass is 283 g/mol. The lowest BCUT2D eigenvalue weighted by Crippen LogP contribution is -2.01. The smallest absolute Gasteiger partial charge is 0.0426 e. The Morgan fingerprint density at radius 3 is 2.14 bits per heavy atom. The summed E-state index contributed by atoms with van der Waals surface area (Å²) >= 11 is 0. The molecule has 0 heterocycles. The SMILES string of the molecule is CCCCCCCCc1c(C)c(N)c2ccccc2c1C. The second-order valence-electron chi connectivity index (χ2n) is 6.21. The lowest BCUT2D eigenvalue weighted by molar-refractivity contribution is 0.606. The third kappa shape index (κ3) is 3.58. The summed E-state index contributed by atoms with van der Waals surface area (Å²) in [6, 6.07) is 8.52. The zero-order chi connectivity index (χ0) is 15.2. The molecule has 0 atom stereocenters. The van der Waals surface area contributed by atoms with E-state index in [0.29, 0.717) is 0 Å². The Morgan fingerprint density at radius 1 is 0.810 bits per heavy atom. The molecule has 0 bridgehead atoms. The second kappa shape index (κ2) is 7.49. The van der Waals surface area contributed by atoms with Crippen LogP contribution in [0.25, 0.3) is 10.8 Å². The number of benzene rings is 2. The first-order chi connectivity index (χ1) is 10.2. The fraction of sp³-hybridized carbons (Fsp3) is 0.500. The normalized spacial score (nSPS) is 11.2. The number of hydrogen-bond acceptors (Lipinski definition) is 1. The average Bonchev–Trinajstić information content (AvgIpc) is 2.51. The number of aryl methyl sites for hydroxylation is 1. The van der Waals surface area contributed by atoms with Gasteiger partial charge in [-0.1, -0.05) is 63.3 Å². The van der Waals surface area contributed by atoms with Gasteiger partial charge < -0.3 is 5.73 Å². The van der Waals surface area contributed by atoms with Crippen molar-refractivity contribution in [2.45, 2.75) is 65.7 Å². The van der Waals surface area contributed by atoms with E-state index in [9.17, 15) is 0 Å². The zero-order valence-corrected chi connectivity index (χ0v) is 13.8. The molecule has 0 saturated carbocycles. The Labute approximate surface area is 129 Å². The van der Waals surface area contributed by atoms with Gasteiger partial charge in [0.2, 0.25) is 0 Å². The van der Waals surface area contributed by atoms with Crippen molar-refractivity contribution >= 4 is 16.5 Å². The molecule has 0 radical (unpaired) electrons. The van der Waals surface area contributed by atoms with Crippen molar-refractivity contribution < 1.29 is 0 Å². The molecule has 0 fully saturated rings. The van der Waals surface area contributed by atoms with Crippen LogP contribution in [0.1, 0.15) is 62.1 Å². The minimum absolute atomic E-state index is 0.970. The fourth-order valence-electron chi connectivity index (χ4n) is 3.31. The number of nitrogens with two attached hydrogens (primary N) is 1. The molecule has 0 spiro atoms. The fourth-order valence-corrected chi connectivity index (χ4v) is 3.31. The maximum absolute atomic E-state index is 6.36. The van der Waals surface area contributed by atoms with E-state index in [4.69, 9.17) is 5.73 Å². The van der Waals surface area contributed by atoms with Crippen LogP contribution in [-0.2, 0) is 6.42 Å². The van der Waals surface area contributed by atoms with Crippen LogP contribution in [0, 0.1) is 13.8 Å². The van der Waals surface area contributed by atoms with Gasteiger partial charge in [0.1, 0.15) is 0 Å². The predicted octanol–water partition coefficient (Wildman–Crippen LogP) is 5.94. The Kier molecular flexibility index (Phi) is 5.67. The van der Waals surface area contributed by atoms with Crippen LogP contribution < -0.4 is 5.73 Å². The molecule has 2 rings (SSSR count). The van der Waals surface area contributed by atoms with Crippen LogP contribution in [0.15, 0.2) is 24.3 Å². The van der Waals surface area contributed by atoms with Crippen LogP contribution >= 0.6 is 0 Å². The molecule has 0 amide bonds. The van der Waals surface area contributed by atoms with Crippen molar-refractivity contribution in [3.8, 4) is 0 Å². The summed E-state index contributed by atoms with van der Waals surface area (Å²) in [5.74, 6) is 0. The van der Waals surface area contributed by atoms with E-state index in [0.717, 1.165) is 5.69 Å². The molecule has 1 nitrogen and oxygen atoms in total. The quantitative estimate of drug-likeness (QED) is 0.493. The summed E-state index contributed by atoms with van der Waals surface area (Å²) in [7, 11) is 0. The highest BCUT2D eigenvalue weighted by Gasteiger charge is 2.11. The van der Waals surface area contributed by atoms with Gasteiger partial charge >= 0.3 is 0 Å². The summed E-state index contributed by atoms with van der Waals surface area (Å²) in [5.41, 5.74) is 11.5. The van der Waals surface area contributed by atoms with E-state index in [-0.39, 0.29) is 0 Å². The first-order valence-corrected chi connectivity index (χ1v) is 8.43. The molecule has 0 aliphatic rings. The lowest BCUT2D eigenvalue weighted by Gasteiger charge is -2.16. The lowest BCUT2D eigenvalue weighted by atomic mass is 9.90. The van der Waals surface area contributed by atoms with E-state index in [1.54, 1.807) is 0 Å². The molecule has 2 aromatic rings. The van der Waals surface area contributed by atoms with E-state index < -0.39 is 0 Å². The maximum atomic E-state index is 6.36. The number of anilines is 1. The summed E-state index contributed by atoms with van der Waals surface area (Å²) in [6.45, 7) is 6.70. The van der Waals surface area contributed by atoms with Gasteiger partial charge in [-0.25, -0.2) is 0 Å². The summed E-state index contributed by atoms with van der Waals surface area (Å²) in [6.07, 6.45) is 9.23. The first kappa shape index (κ1) is 15.9. The van der Waals surface area contributed by atoms with E-state index in [1.165, 1.54) is 72.4 Å². The predicted molar refractivity (Wildman–Crippen MR) is 94.9 cm³/mol. The van der Waals surface area contributed by atoms with E-state index in [2.05, 4.69) is 45.0 Å². The molecule has 0 saturated heterocycles. The number of nitrogen functional groups attached to an aromatic ring is 1. The van der Waals surface area contributed by atoms with Crippen molar-refractivity contribution in [3.05, 3.63) is 41.0 Å². The van der Waals surface area contributed by atoms with Gasteiger partial charge in [0.15, 0.2) is 0 Å². The Hall–Kier alpha value is -1.50. The third-order valence-corrected chi connectivity index (χ3v) is 4.71. The van der Waals surface area contributed by atoms with Crippen LogP contribution in [-0.4, -0.2) is 0 Å². The van der Waals surface area contributed by atoms with Gasteiger partial charge in [-0.3, -0.25) is 0 Å². The van der Waals surface area contributed by atoms with Gasteiger partial charge in [0, 0.05) is 11.1 Å². The molecule has 1 heteroatoms. The van der Waals surface area contributed by atoms with Crippen LogP contribution in [0.4, 0.5) is 5.69 Å². The summed E-state index contributed by atoms with van der Waals surface area (Å²) in [4.78, 5) is 0. The summed E-state index contributed by atoms with van der Waals surface area (Å²) < 4.78 is 0. The van der Waals surface area contributed by atoms with Gasteiger partial charge in [-0.05, 0) is 48.8 Å². The molecule has 2 aromatic carbocycles. The molecule has 114 valence electrons. The minimum Gasteiger partial charge on any atom is -0.398 e. The van der Waals surface area contributed by atoms with Crippen LogP contribution in [0.3, 0.4) is 0 Å². The van der Waals surface area contributed by atoms with E-state index in [1.807, 2.05) is 0 Å². The highest BCUT2D eigenvalue weighted by Crippen LogP contribution is 2.32. The maximum Gasteiger partial charge on any atom is 0.0426 e. The molecular weight excluding hydrogens is 254 g/mol. The standard InChI is InChI=1S/C20H29N/c1-4-5-6-7-8-9-12-17-15(2)18-13-10-11-14-19(18)20(21)16(17)3/h10-11,13-14H,4-9,12,21H2,1-3H3. The van der Waals surface area contributed by atoms with Crippen LogP contribution in [0.5, 0.6) is 0 Å². The van der Waals surface area contributed by atoms with Crippen molar-refractivity contribution in [2.75, 3.05) is 5.73 Å². The molecule has 0 aliphatic carbocycles. The molecule has 0 unspecified atom stereocenters. The van der Waals surface area contributed by atoms with Gasteiger partial charge in [0.25, 0.3) is 0 Å². The first-order valence-electron chi connectivity index (χ1n) is 8.43. The highest BCUT2D eigenvalue weighted by molar-refractivity contribution is 5.97. The molecular formula is C20H29N. The molecule has 2 N–H and O–H groups in total. The number of rotatable bonds is 7. The van der Waals surface area contributed by atoms with Crippen molar-refractivity contribution in [2.24, 2.45) is 0 Å². The zero-order valence-electron chi connectivity index (χ0n) is 13.8. The molecule has 0 aromatic heterocycles. The topological polar surface area (TPSA) is 26.0 Å². The number of fused-ring (bicyclic) bond motifs is 1. The van der Waals surface area contributed by atoms with Crippen molar-refractivity contribution in [1.82, 2.24) is 0 Å². The van der Waals surface area contributed by atoms with Crippen molar-refractivity contribution in [1.29, 1.82) is 0 Å². The summed E-state index contributed by atoms with van der Waals surface area (Å²) in [5, 5.41) is 2.53. The molecule has 0 aliphatic heterocycles.